The first-order chi connectivity index (χ1) is 16.7. The van der Waals surface area contributed by atoms with Gasteiger partial charge in [-0.3, -0.25) is 0 Å². The van der Waals surface area contributed by atoms with Crippen molar-refractivity contribution in [1.82, 2.24) is 29.9 Å². The first kappa shape index (κ1) is 23.3. The van der Waals surface area contributed by atoms with Crippen LogP contribution in [0.1, 0.15) is 63.1 Å². The molecule has 10 nitrogen and oxygen atoms in total. The Balaban J connectivity index is 1.37. The van der Waals surface area contributed by atoms with Crippen LogP contribution in [0, 0.1) is 5.82 Å². The molecule has 0 atom stereocenters. The fraction of sp³-hybridized carbons (Fsp3) is 0.435. The molecule has 0 unspecified atom stereocenters. The van der Waals surface area contributed by atoms with Crippen molar-refractivity contribution < 1.29 is 22.1 Å². The molecule has 3 heterocycles. The van der Waals surface area contributed by atoms with Gasteiger partial charge in [0.2, 0.25) is 11.8 Å². The Bertz CT molecular complexity index is 1470. The molecule has 0 spiro atoms. The van der Waals surface area contributed by atoms with Crippen molar-refractivity contribution >= 4 is 20.9 Å². The summed E-state index contributed by atoms with van der Waals surface area (Å²) in [6.07, 6.45) is 7.05. The molecule has 4 aromatic rings. The van der Waals surface area contributed by atoms with Crippen LogP contribution in [-0.2, 0) is 9.84 Å². The largest absolute Gasteiger partial charge is 0.473 e. The van der Waals surface area contributed by atoms with Gasteiger partial charge in [-0.1, -0.05) is 19.0 Å². The Kier molecular flexibility index (Phi) is 5.99. The first-order valence-corrected chi connectivity index (χ1v) is 13.3. The number of benzene rings is 1. The first-order valence-electron chi connectivity index (χ1n) is 11.4. The van der Waals surface area contributed by atoms with E-state index < -0.39 is 15.7 Å². The van der Waals surface area contributed by atoms with Gasteiger partial charge in [-0.05, 0) is 43.9 Å². The van der Waals surface area contributed by atoms with Gasteiger partial charge in [0, 0.05) is 24.3 Å². The zero-order valence-electron chi connectivity index (χ0n) is 19.5. The zero-order chi connectivity index (χ0) is 24.7. The summed E-state index contributed by atoms with van der Waals surface area (Å²) in [6.45, 7) is 4.05. The highest BCUT2D eigenvalue weighted by atomic mass is 32.2. The van der Waals surface area contributed by atoms with Gasteiger partial charge in [-0.25, -0.2) is 27.5 Å². The van der Waals surface area contributed by atoms with Crippen LogP contribution in [0.2, 0.25) is 0 Å². The number of nitrogens with zero attached hydrogens (tertiary/aromatic N) is 6. The lowest BCUT2D eigenvalue weighted by Gasteiger charge is -2.26. The van der Waals surface area contributed by atoms with Gasteiger partial charge in [0.25, 0.3) is 0 Å². The molecule has 0 amide bonds. The molecule has 184 valence electrons. The third kappa shape index (κ3) is 4.62. The highest BCUT2D eigenvalue weighted by Gasteiger charge is 2.29. The molecule has 0 aliphatic heterocycles. The van der Waals surface area contributed by atoms with E-state index in [4.69, 9.17) is 9.26 Å². The molecule has 3 aromatic heterocycles. The van der Waals surface area contributed by atoms with Gasteiger partial charge >= 0.3 is 0 Å². The summed E-state index contributed by atoms with van der Waals surface area (Å²) in [5.74, 6) is 1.36. The quantitative estimate of drug-likeness (QED) is 0.386. The van der Waals surface area contributed by atoms with Crippen LogP contribution in [0.15, 0.2) is 40.1 Å². The van der Waals surface area contributed by atoms with E-state index in [-0.39, 0.29) is 28.5 Å². The normalized spacial score (nSPS) is 18.9. The van der Waals surface area contributed by atoms with Crippen molar-refractivity contribution in [1.29, 1.82) is 0 Å². The number of rotatable bonds is 6. The zero-order valence-corrected chi connectivity index (χ0v) is 20.4. The summed E-state index contributed by atoms with van der Waals surface area (Å²) in [4.78, 5) is 12.7. The van der Waals surface area contributed by atoms with E-state index in [9.17, 15) is 12.8 Å². The standard InChI is InChI=1S/C23H25FN6O4S/c1-13(2)20-27-22(34-29-20)14-4-6-15(7-5-14)33-23-17-11-25-12-26-21(17)30(28-23)19-9-8-16(10-18(19)24)35(3,31)32/h8-15H,4-7H2,1-3H3. The van der Waals surface area contributed by atoms with Crippen LogP contribution in [0.4, 0.5) is 4.39 Å². The number of sulfone groups is 1. The molecule has 0 radical (unpaired) electrons. The summed E-state index contributed by atoms with van der Waals surface area (Å²) in [6, 6.07) is 3.68. The lowest BCUT2D eigenvalue weighted by molar-refractivity contribution is 0.134. The molecule has 12 heteroatoms. The van der Waals surface area contributed by atoms with Gasteiger partial charge in [0.1, 0.15) is 29.3 Å². The SMILES string of the molecule is CC(C)c1noc(C2CCC(Oc3nn(-c4ccc(S(C)(=O)=O)cc4F)c4ncncc34)CC2)n1. The topological polar surface area (TPSA) is 126 Å². The van der Waals surface area contributed by atoms with Crippen molar-refractivity contribution in [2.24, 2.45) is 0 Å². The smallest absolute Gasteiger partial charge is 0.244 e. The van der Waals surface area contributed by atoms with Crippen LogP contribution < -0.4 is 4.74 Å². The summed E-state index contributed by atoms with van der Waals surface area (Å²) in [5.41, 5.74) is 0.429. The van der Waals surface area contributed by atoms with Gasteiger partial charge < -0.3 is 9.26 Å². The second-order valence-corrected chi connectivity index (χ2v) is 11.1. The fourth-order valence-corrected chi connectivity index (χ4v) is 4.85. The maximum absolute atomic E-state index is 14.9. The van der Waals surface area contributed by atoms with Crippen LogP contribution in [-0.4, -0.2) is 50.7 Å². The van der Waals surface area contributed by atoms with Crippen LogP contribution in [0.5, 0.6) is 5.88 Å². The summed E-state index contributed by atoms with van der Waals surface area (Å²) in [5, 5.41) is 9.07. The van der Waals surface area contributed by atoms with Gasteiger partial charge in [-0.2, -0.15) is 4.98 Å². The minimum absolute atomic E-state index is 0.0667. The Labute approximate surface area is 201 Å². The minimum Gasteiger partial charge on any atom is -0.473 e. The number of aromatic nitrogens is 6. The second-order valence-electron chi connectivity index (χ2n) is 9.10. The predicted molar refractivity (Wildman–Crippen MR) is 124 cm³/mol. The molecule has 0 N–H and O–H groups in total. The predicted octanol–water partition coefficient (Wildman–Crippen LogP) is 3.97. The monoisotopic (exact) mass is 500 g/mol. The van der Waals surface area contributed by atoms with E-state index in [0.29, 0.717) is 28.6 Å². The maximum atomic E-state index is 14.9. The van der Waals surface area contributed by atoms with Gasteiger partial charge in [0.15, 0.2) is 21.3 Å². The summed E-state index contributed by atoms with van der Waals surface area (Å²) < 4.78 is 51.4. The third-order valence-corrected chi connectivity index (χ3v) is 7.27. The molecule has 1 fully saturated rings. The molecule has 1 aromatic carbocycles. The molecular weight excluding hydrogens is 475 g/mol. The lowest BCUT2D eigenvalue weighted by Crippen LogP contribution is -2.23. The Hall–Kier alpha value is -3.41. The molecule has 1 aliphatic carbocycles. The van der Waals surface area contributed by atoms with Gasteiger partial charge in [-0.15, -0.1) is 5.10 Å². The molecule has 0 bridgehead atoms. The van der Waals surface area contributed by atoms with Crippen molar-refractivity contribution in [3.63, 3.8) is 0 Å². The highest BCUT2D eigenvalue weighted by molar-refractivity contribution is 7.90. The lowest BCUT2D eigenvalue weighted by atomic mass is 9.87. The average molecular weight is 501 g/mol. The highest BCUT2D eigenvalue weighted by Crippen LogP contribution is 2.35. The summed E-state index contributed by atoms with van der Waals surface area (Å²) >= 11 is 0. The minimum atomic E-state index is -3.54. The number of hydrogen-bond acceptors (Lipinski definition) is 9. The molecule has 35 heavy (non-hydrogen) atoms. The van der Waals surface area contributed by atoms with Crippen LogP contribution in [0.3, 0.4) is 0 Å². The average Bonchev–Trinajstić information content (AvgIpc) is 3.45. The second kappa shape index (κ2) is 8.99. The van der Waals surface area contributed by atoms with E-state index in [1.165, 1.54) is 23.1 Å². The fourth-order valence-electron chi connectivity index (χ4n) is 4.21. The number of hydrogen-bond donors (Lipinski definition) is 0. The Morgan fingerprint density at radius 1 is 1.20 bits per heavy atom. The Morgan fingerprint density at radius 3 is 2.63 bits per heavy atom. The molecule has 5 rings (SSSR count). The van der Waals surface area contributed by atoms with E-state index in [2.05, 4.69) is 25.2 Å². The Morgan fingerprint density at radius 2 is 1.97 bits per heavy atom. The number of halogens is 1. The van der Waals surface area contributed by atoms with Crippen molar-refractivity contribution in [2.75, 3.05) is 6.26 Å². The van der Waals surface area contributed by atoms with Crippen LogP contribution >= 0.6 is 0 Å². The third-order valence-electron chi connectivity index (χ3n) is 6.16. The maximum Gasteiger partial charge on any atom is 0.244 e. The molecular formula is C23H25FN6O4S. The van der Waals surface area contributed by atoms with E-state index >= 15 is 0 Å². The van der Waals surface area contributed by atoms with E-state index in [0.717, 1.165) is 38.0 Å². The van der Waals surface area contributed by atoms with Crippen LogP contribution in [0.25, 0.3) is 16.7 Å². The molecule has 1 aliphatic rings. The molecule has 0 saturated heterocycles. The van der Waals surface area contributed by atoms with Crippen molar-refractivity contribution in [3.8, 4) is 11.6 Å². The molecule has 1 saturated carbocycles. The summed E-state index contributed by atoms with van der Waals surface area (Å²) in [7, 11) is -3.54. The van der Waals surface area contributed by atoms with Gasteiger partial charge in [0.05, 0.1) is 4.90 Å². The number of ether oxygens (including phenoxy) is 1. The number of fused-ring (bicyclic) bond motifs is 1. The van der Waals surface area contributed by atoms with Crippen molar-refractivity contribution in [2.45, 2.75) is 62.4 Å². The van der Waals surface area contributed by atoms with E-state index in [1.54, 1.807) is 6.20 Å². The van der Waals surface area contributed by atoms with E-state index in [1.807, 2.05) is 13.8 Å². The van der Waals surface area contributed by atoms with Crippen molar-refractivity contribution in [3.05, 3.63) is 48.3 Å².